The van der Waals surface area contributed by atoms with E-state index in [1.165, 1.54) is 0 Å². The van der Waals surface area contributed by atoms with Crippen LogP contribution in [0.25, 0.3) is 0 Å². The molecule has 0 saturated carbocycles. The van der Waals surface area contributed by atoms with E-state index in [0.29, 0.717) is 0 Å². The van der Waals surface area contributed by atoms with Crippen molar-refractivity contribution in [1.29, 1.82) is 0 Å². The Balaban J connectivity index is 0.000000274. The topological polar surface area (TPSA) is 426 Å². The first-order valence-corrected chi connectivity index (χ1v) is 16.4. The lowest BCUT2D eigenvalue weighted by molar-refractivity contribution is -0.383. The van der Waals surface area contributed by atoms with Crippen LogP contribution in [0.5, 0.6) is 0 Å². The molecule has 50 heavy (non-hydrogen) atoms. The number of phosphoric ester groups is 1. The van der Waals surface area contributed by atoms with Crippen molar-refractivity contribution in [2.24, 2.45) is 0 Å². The fourth-order valence-corrected chi connectivity index (χ4v) is 5.77. The highest BCUT2D eigenvalue weighted by atomic mass is 31.2. The Morgan fingerprint density at radius 2 is 0.860 bits per heavy atom. The Morgan fingerprint density at radius 3 is 1.20 bits per heavy atom. The van der Waals surface area contributed by atoms with Gasteiger partial charge in [-0.2, -0.15) is 0 Å². The van der Waals surface area contributed by atoms with Gasteiger partial charge in [-0.1, -0.05) is 0 Å². The van der Waals surface area contributed by atoms with Crippen LogP contribution in [0.15, 0.2) is 0 Å². The fourth-order valence-electron chi connectivity index (χ4n) is 5.42. The van der Waals surface area contributed by atoms with Crippen LogP contribution < -0.4 is 0 Å². The van der Waals surface area contributed by atoms with Crippen molar-refractivity contribution in [3.8, 4) is 0 Å². The van der Waals surface area contributed by atoms with E-state index in [2.05, 4.69) is 4.52 Å². The molecular formula is C24H45O25P. The summed E-state index contributed by atoms with van der Waals surface area (Å²) in [5.74, 6) is -4.75. The number of aliphatic hydroxyl groups is 15. The Kier molecular flexibility index (Phi) is 15.4. The first-order valence-electron chi connectivity index (χ1n) is 14.8. The lowest BCUT2D eigenvalue weighted by Gasteiger charge is -2.43. The molecule has 25 nitrogen and oxygen atoms in total. The van der Waals surface area contributed by atoms with E-state index in [4.69, 9.17) is 48.4 Å². The van der Waals surface area contributed by atoms with Crippen LogP contribution in [0, 0.1) is 0 Å². The number of aliphatic hydroxyl groups excluding tert-OH is 15. The third kappa shape index (κ3) is 9.13. The maximum Gasteiger partial charge on any atom is 0.469 e. The third-order valence-corrected chi connectivity index (χ3v) is 8.82. The summed E-state index contributed by atoms with van der Waals surface area (Å²) in [7, 11) is -5.09. The molecule has 0 aromatic rings. The van der Waals surface area contributed by atoms with E-state index >= 15 is 0 Å². The lowest BCUT2D eigenvalue weighted by Crippen LogP contribution is -2.62. The molecule has 4 aliphatic heterocycles. The molecule has 4 fully saturated rings. The van der Waals surface area contributed by atoms with Crippen molar-refractivity contribution < 1.29 is 124 Å². The molecule has 4 saturated heterocycles. The highest BCUT2D eigenvalue weighted by Crippen LogP contribution is 2.42. The zero-order valence-corrected chi connectivity index (χ0v) is 26.7. The molecule has 0 amide bonds. The van der Waals surface area contributed by atoms with Gasteiger partial charge in [0.2, 0.25) is 11.6 Å². The van der Waals surface area contributed by atoms with Gasteiger partial charge in [-0.05, 0) is 0 Å². The van der Waals surface area contributed by atoms with Crippen LogP contribution in [0.3, 0.4) is 0 Å². The van der Waals surface area contributed by atoms with Gasteiger partial charge in [-0.25, -0.2) is 4.57 Å². The van der Waals surface area contributed by atoms with Crippen LogP contribution in [0.4, 0.5) is 0 Å². The molecule has 0 aromatic heterocycles. The highest BCUT2D eigenvalue weighted by molar-refractivity contribution is 7.46. The van der Waals surface area contributed by atoms with Crippen molar-refractivity contribution in [3.63, 3.8) is 0 Å². The van der Waals surface area contributed by atoms with Crippen molar-refractivity contribution in [2.45, 2.75) is 110 Å². The zero-order chi connectivity index (χ0) is 37.9. The molecule has 0 spiro atoms. The van der Waals surface area contributed by atoms with Crippen LogP contribution in [-0.2, 0) is 37.5 Å². The number of hydrogen-bond donors (Lipinski definition) is 17. The Bertz CT molecular complexity index is 1100. The van der Waals surface area contributed by atoms with Gasteiger partial charge in [0.25, 0.3) is 0 Å². The second-order valence-electron chi connectivity index (χ2n) is 11.7. The number of rotatable bonds is 12. The Hall–Kier alpha value is -0.730. The summed E-state index contributed by atoms with van der Waals surface area (Å²) in [5.41, 5.74) is 0. The predicted octanol–water partition coefficient (Wildman–Crippen LogP) is -10.7. The van der Waals surface area contributed by atoms with E-state index in [1.54, 1.807) is 0 Å². The lowest BCUT2D eigenvalue weighted by atomic mass is 9.99. The molecule has 296 valence electrons. The van der Waals surface area contributed by atoms with Crippen molar-refractivity contribution in [3.05, 3.63) is 0 Å². The third-order valence-electron chi connectivity index (χ3n) is 8.35. The minimum absolute atomic E-state index is 0.669. The van der Waals surface area contributed by atoms with Gasteiger partial charge in [0, 0.05) is 0 Å². The Labute approximate surface area is 281 Å². The van der Waals surface area contributed by atoms with Gasteiger partial charge in [-0.3, -0.25) is 4.52 Å². The number of ether oxygens (including phenoxy) is 6. The molecule has 4 aliphatic rings. The minimum atomic E-state index is -5.09. The summed E-state index contributed by atoms with van der Waals surface area (Å²) in [4.78, 5) is 17.8. The average Bonchev–Trinajstić information content (AvgIpc) is 3.48. The summed E-state index contributed by atoms with van der Waals surface area (Å²) in [5, 5.41) is 145. The van der Waals surface area contributed by atoms with Gasteiger partial charge < -0.3 is 115 Å². The summed E-state index contributed by atoms with van der Waals surface area (Å²) < 4.78 is 46.2. The van der Waals surface area contributed by atoms with Gasteiger partial charge in [0.05, 0.1) is 26.4 Å². The van der Waals surface area contributed by atoms with Gasteiger partial charge in [0.1, 0.15) is 98.7 Å². The standard InChI is InChI=1S/C12H23O14P.C12H22O11/c13-1-4-6(15)8(17)9(18)11(24-4)26-12(3-23-27(20,21)22)10(19)7(16)5(2-14)25-12;13-1-4-6(16)8(18)9(19)11(21-4)23-12(3-15)10(20)7(17)5(2-14)22-12/h4-11,13-19H,1-3H2,(H2,20,21,22);4-11,13-20H,1-3H2/t2*4-,5-,6-,7-,8+,9-,10+,11-,12+/m11/s1. The molecule has 0 bridgehead atoms. The van der Waals surface area contributed by atoms with Crippen molar-refractivity contribution >= 4 is 7.82 Å². The summed E-state index contributed by atoms with van der Waals surface area (Å²) >= 11 is 0. The largest absolute Gasteiger partial charge is 0.469 e. The fraction of sp³-hybridized carbons (Fsp3) is 1.00. The van der Waals surface area contributed by atoms with Crippen LogP contribution in [-0.4, -0.2) is 236 Å². The maximum absolute atomic E-state index is 11.0. The molecule has 0 radical (unpaired) electrons. The van der Waals surface area contributed by atoms with Crippen molar-refractivity contribution in [1.82, 2.24) is 0 Å². The van der Waals surface area contributed by atoms with E-state index in [1.807, 2.05) is 0 Å². The van der Waals surface area contributed by atoms with E-state index in [0.717, 1.165) is 0 Å². The average molecular weight is 765 g/mol. The monoisotopic (exact) mass is 764 g/mol. The van der Waals surface area contributed by atoms with E-state index in [9.17, 15) is 70.9 Å². The molecule has 4 heterocycles. The normalized spacial score (nSPS) is 48.3. The first-order chi connectivity index (χ1) is 23.3. The Morgan fingerprint density at radius 1 is 0.500 bits per heavy atom. The quantitative estimate of drug-likeness (QED) is 0.0820. The SMILES string of the molecule is O=P(O)(O)OC[C@@]1(O[C@H]2O[C@H](CO)[C@@H](O)[C@H](O)[C@H]2O)O[C@H](CO)[C@@H](O)[C@@H]1O.OC[C@H]1O[C@@](CO)(O[C@H]2O[C@H](CO)[C@@H](O)[C@H](O)[C@H]2O)[C@@H](O)[C@@H]1O. The van der Waals surface area contributed by atoms with Gasteiger partial charge >= 0.3 is 7.82 Å². The van der Waals surface area contributed by atoms with Crippen LogP contribution in [0.2, 0.25) is 0 Å². The van der Waals surface area contributed by atoms with Gasteiger partial charge in [0.15, 0.2) is 12.6 Å². The summed E-state index contributed by atoms with van der Waals surface area (Å²) in [6.07, 6.45) is -26.6. The summed E-state index contributed by atoms with van der Waals surface area (Å²) in [6.45, 7) is -5.09. The van der Waals surface area contributed by atoms with E-state index < -0.39 is 157 Å². The molecule has 17 N–H and O–H groups in total. The smallest absolute Gasteiger partial charge is 0.394 e. The molecule has 26 heteroatoms. The van der Waals surface area contributed by atoms with Crippen LogP contribution in [0.1, 0.15) is 0 Å². The molecule has 18 atom stereocenters. The molecule has 0 unspecified atom stereocenters. The highest BCUT2D eigenvalue weighted by Gasteiger charge is 2.60. The number of hydrogen-bond acceptors (Lipinski definition) is 23. The number of phosphoric acid groups is 1. The zero-order valence-electron chi connectivity index (χ0n) is 25.8. The van der Waals surface area contributed by atoms with Crippen molar-refractivity contribution in [2.75, 3.05) is 39.6 Å². The minimum Gasteiger partial charge on any atom is -0.394 e. The molecule has 4 rings (SSSR count). The van der Waals surface area contributed by atoms with E-state index in [-0.39, 0.29) is 0 Å². The van der Waals surface area contributed by atoms with Crippen LogP contribution >= 0.6 is 7.82 Å². The first kappa shape index (κ1) is 43.7. The molecule has 0 aliphatic carbocycles. The molecular weight excluding hydrogens is 719 g/mol. The second kappa shape index (κ2) is 17.6. The molecule has 0 aromatic carbocycles. The second-order valence-corrected chi connectivity index (χ2v) is 13.0. The predicted molar refractivity (Wildman–Crippen MR) is 148 cm³/mol. The summed E-state index contributed by atoms with van der Waals surface area (Å²) in [6, 6.07) is 0. The van der Waals surface area contributed by atoms with Gasteiger partial charge in [-0.15, -0.1) is 0 Å². The maximum atomic E-state index is 11.0.